The highest BCUT2D eigenvalue weighted by molar-refractivity contribution is 5.94. The molecule has 0 N–H and O–H groups in total. The summed E-state index contributed by atoms with van der Waals surface area (Å²) in [6.07, 6.45) is 1.73. The second-order valence-corrected chi connectivity index (χ2v) is 9.66. The van der Waals surface area contributed by atoms with Gasteiger partial charge in [-0.3, -0.25) is 14.7 Å². The number of Topliss-reactive ketones (excluding diaryl/α,β-unsaturated/α-hetero) is 1. The van der Waals surface area contributed by atoms with Crippen molar-refractivity contribution in [3.8, 4) is 0 Å². The fraction of sp³-hybridized carbons (Fsp3) is 0.600. The minimum absolute atomic E-state index is 0.0239. The van der Waals surface area contributed by atoms with Gasteiger partial charge in [0.05, 0.1) is 12.1 Å². The lowest BCUT2D eigenvalue weighted by Gasteiger charge is -2.38. The lowest BCUT2D eigenvalue weighted by atomic mass is 9.86. The zero-order valence-corrected chi connectivity index (χ0v) is 19.1. The molecule has 0 aliphatic carbocycles. The molecule has 0 saturated carbocycles. The Bertz CT molecular complexity index is 937. The predicted octanol–water partition coefficient (Wildman–Crippen LogP) is 4.23. The molecule has 2 aliphatic heterocycles. The van der Waals surface area contributed by atoms with Crippen molar-refractivity contribution in [2.24, 2.45) is 11.8 Å². The monoisotopic (exact) mass is 444 g/mol. The number of fused-ring (bicyclic) bond motifs is 1. The van der Waals surface area contributed by atoms with Crippen LogP contribution in [0.3, 0.4) is 0 Å². The fourth-order valence-corrected chi connectivity index (χ4v) is 5.35. The van der Waals surface area contributed by atoms with Gasteiger partial charge in [0.1, 0.15) is 5.78 Å². The van der Waals surface area contributed by atoms with E-state index in [2.05, 4.69) is 33.7 Å². The number of nitrogens with zero attached hydrogens (tertiary/aromatic N) is 4. The summed E-state index contributed by atoms with van der Waals surface area (Å²) in [5.41, 5.74) is 1.29. The molecule has 1 aromatic carbocycles. The van der Waals surface area contributed by atoms with Crippen LogP contribution in [-0.4, -0.2) is 73.4 Å². The average Bonchev–Trinajstić information content (AvgIpc) is 2.96. The molecule has 32 heavy (non-hydrogen) atoms. The first-order valence-corrected chi connectivity index (χ1v) is 11.7. The zero-order valence-electron chi connectivity index (χ0n) is 19.1. The van der Waals surface area contributed by atoms with Gasteiger partial charge in [-0.25, -0.2) is 8.78 Å². The summed E-state index contributed by atoms with van der Waals surface area (Å²) in [6.45, 7) is 8.42. The average molecular weight is 445 g/mol. The van der Waals surface area contributed by atoms with Gasteiger partial charge in [0.25, 0.3) is 6.43 Å². The van der Waals surface area contributed by atoms with Gasteiger partial charge < -0.3 is 9.80 Å². The summed E-state index contributed by atoms with van der Waals surface area (Å²) in [5, 5.41) is 0.762. The van der Waals surface area contributed by atoms with E-state index in [-0.39, 0.29) is 11.5 Å². The molecule has 0 spiro atoms. The number of alkyl halides is 2. The molecule has 5 nitrogen and oxygen atoms in total. The first kappa shape index (κ1) is 23.1. The van der Waals surface area contributed by atoms with E-state index in [1.165, 1.54) is 6.07 Å². The number of hydrogen-bond donors (Lipinski definition) is 0. The number of halogens is 2. The molecular formula is C25H34F2N4O. The third-order valence-corrected chi connectivity index (χ3v) is 6.83. The van der Waals surface area contributed by atoms with Crippen LogP contribution in [0.4, 0.5) is 14.5 Å². The summed E-state index contributed by atoms with van der Waals surface area (Å²) < 4.78 is 27.0. The highest BCUT2D eigenvalue weighted by Crippen LogP contribution is 2.36. The molecule has 2 saturated heterocycles. The van der Waals surface area contributed by atoms with Crippen LogP contribution in [-0.2, 0) is 4.79 Å². The molecule has 2 fully saturated rings. The normalized spacial score (nSPS) is 23.6. The van der Waals surface area contributed by atoms with Crippen molar-refractivity contribution in [2.45, 2.75) is 32.6 Å². The Morgan fingerprint density at radius 1 is 1.16 bits per heavy atom. The first-order valence-electron chi connectivity index (χ1n) is 11.7. The molecule has 0 radical (unpaired) electrons. The van der Waals surface area contributed by atoms with Crippen molar-refractivity contribution in [2.75, 3.05) is 57.8 Å². The van der Waals surface area contributed by atoms with Crippen molar-refractivity contribution >= 4 is 22.4 Å². The van der Waals surface area contributed by atoms with Gasteiger partial charge in [-0.1, -0.05) is 6.92 Å². The molecule has 1 aromatic heterocycles. The van der Waals surface area contributed by atoms with Crippen LogP contribution in [0.5, 0.6) is 0 Å². The van der Waals surface area contributed by atoms with E-state index in [1.807, 2.05) is 6.07 Å². The molecule has 2 aliphatic rings. The largest absolute Gasteiger partial charge is 0.370 e. The third-order valence-electron chi connectivity index (χ3n) is 6.83. The van der Waals surface area contributed by atoms with Crippen LogP contribution in [0, 0.1) is 11.8 Å². The van der Waals surface area contributed by atoms with Crippen LogP contribution in [0.25, 0.3) is 10.9 Å². The number of carbonyl (C=O) groups is 1. The second kappa shape index (κ2) is 10.2. The Morgan fingerprint density at radius 3 is 2.81 bits per heavy atom. The number of carbonyl (C=O) groups excluding carboxylic acids is 1. The minimum atomic E-state index is -2.55. The van der Waals surface area contributed by atoms with Gasteiger partial charge in [-0.2, -0.15) is 0 Å². The number of piperidine rings is 1. The van der Waals surface area contributed by atoms with E-state index in [0.717, 1.165) is 63.2 Å². The van der Waals surface area contributed by atoms with E-state index in [9.17, 15) is 13.6 Å². The topological polar surface area (TPSA) is 39.7 Å². The lowest BCUT2D eigenvalue weighted by molar-refractivity contribution is -0.121. The molecule has 2 atom stereocenters. The number of pyridine rings is 1. The maximum atomic E-state index is 13.5. The van der Waals surface area contributed by atoms with Gasteiger partial charge in [-0.05, 0) is 69.1 Å². The molecule has 4 rings (SSSR count). The first-order chi connectivity index (χ1) is 15.4. The smallest absolute Gasteiger partial charge is 0.265 e. The second-order valence-electron chi connectivity index (χ2n) is 9.66. The number of benzene rings is 1. The standard InChI is InChI=1S/C25H34F2N4O/c1-18-13-19(14-20(32)17-30-10-4-9-29(2)11-12-30)16-31(15-18)23-7-6-22(25(26)27)24-21(23)5-3-8-28-24/h3,5-8,18-19,25H,4,9-17H2,1-2H3/t18-,19-/m0/s1. The van der Waals surface area contributed by atoms with Crippen LogP contribution in [0.2, 0.25) is 0 Å². The Hall–Kier alpha value is -2.12. The Morgan fingerprint density at radius 2 is 2.00 bits per heavy atom. The third kappa shape index (κ3) is 5.44. The van der Waals surface area contributed by atoms with Gasteiger partial charge in [0.2, 0.25) is 0 Å². The highest BCUT2D eigenvalue weighted by atomic mass is 19.3. The Labute approximate surface area is 189 Å². The van der Waals surface area contributed by atoms with Gasteiger partial charge in [0, 0.05) is 55.4 Å². The van der Waals surface area contributed by atoms with Crippen molar-refractivity contribution in [1.82, 2.24) is 14.8 Å². The van der Waals surface area contributed by atoms with Crippen LogP contribution >= 0.6 is 0 Å². The summed E-state index contributed by atoms with van der Waals surface area (Å²) in [6, 6.07) is 6.98. The molecule has 2 aromatic rings. The van der Waals surface area contributed by atoms with Gasteiger partial charge >= 0.3 is 0 Å². The summed E-state index contributed by atoms with van der Waals surface area (Å²) in [5.74, 6) is 1.03. The number of ketones is 1. The Kier molecular flexibility index (Phi) is 7.36. The SMILES string of the molecule is C[C@H]1C[C@@H](CC(=O)CN2CCCN(C)CC2)CN(c2ccc(C(F)F)c3ncccc23)C1. The van der Waals surface area contributed by atoms with Crippen molar-refractivity contribution in [3.05, 3.63) is 36.0 Å². The van der Waals surface area contributed by atoms with Crippen molar-refractivity contribution in [3.63, 3.8) is 0 Å². The molecular weight excluding hydrogens is 410 g/mol. The number of aromatic nitrogens is 1. The molecule has 0 amide bonds. The molecule has 7 heteroatoms. The highest BCUT2D eigenvalue weighted by Gasteiger charge is 2.29. The van der Waals surface area contributed by atoms with E-state index < -0.39 is 6.43 Å². The molecule has 0 bridgehead atoms. The van der Waals surface area contributed by atoms with Crippen LogP contribution in [0.1, 0.15) is 38.2 Å². The van der Waals surface area contributed by atoms with Gasteiger partial charge in [-0.15, -0.1) is 0 Å². The maximum absolute atomic E-state index is 13.5. The zero-order chi connectivity index (χ0) is 22.7. The fourth-order valence-electron chi connectivity index (χ4n) is 5.35. The Balaban J connectivity index is 1.46. The molecule has 3 heterocycles. The van der Waals surface area contributed by atoms with Crippen molar-refractivity contribution in [1.29, 1.82) is 0 Å². The van der Waals surface area contributed by atoms with E-state index in [4.69, 9.17) is 0 Å². The summed E-state index contributed by atoms with van der Waals surface area (Å²) in [7, 11) is 2.14. The van der Waals surface area contributed by atoms with E-state index in [1.54, 1.807) is 18.3 Å². The maximum Gasteiger partial charge on any atom is 0.265 e. The number of anilines is 1. The van der Waals surface area contributed by atoms with E-state index in [0.29, 0.717) is 30.2 Å². The van der Waals surface area contributed by atoms with Crippen LogP contribution in [0.15, 0.2) is 30.5 Å². The quantitative estimate of drug-likeness (QED) is 0.667. The number of rotatable bonds is 6. The van der Waals surface area contributed by atoms with Crippen LogP contribution < -0.4 is 4.90 Å². The number of hydrogen-bond acceptors (Lipinski definition) is 5. The molecule has 0 unspecified atom stereocenters. The lowest BCUT2D eigenvalue weighted by Crippen LogP contribution is -2.41. The predicted molar refractivity (Wildman–Crippen MR) is 124 cm³/mol. The summed E-state index contributed by atoms with van der Waals surface area (Å²) >= 11 is 0. The number of likely N-dealkylation sites (N-methyl/N-ethyl adjacent to an activating group) is 1. The van der Waals surface area contributed by atoms with Gasteiger partial charge in [0.15, 0.2) is 0 Å². The summed E-state index contributed by atoms with van der Waals surface area (Å²) in [4.78, 5) is 24.0. The van der Waals surface area contributed by atoms with Crippen molar-refractivity contribution < 1.29 is 13.6 Å². The molecule has 174 valence electrons. The minimum Gasteiger partial charge on any atom is -0.370 e. The van der Waals surface area contributed by atoms with E-state index >= 15 is 0 Å².